The lowest BCUT2D eigenvalue weighted by molar-refractivity contribution is -0.137. The number of carbonyl (C=O) groups excluding carboxylic acids is 1. The van der Waals surface area contributed by atoms with E-state index in [-0.39, 0.29) is 12.5 Å². The molecule has 5 rings (SSSR count). The standard InChI is InChI=1S/C31H33F4N3O3S/c32-24-13-11-21(12-14-24)29(38-42(40,41)26-8-2-5-23(17-26)31(33,34)35)18-30(39)37-28-9-1-4-22-16-20(10-15-27(22)28)19-36-25-6-3-7-25/h2,5,8,10-17,25,28-29,36,38H,1,3-4,6-7,9,18-19H2,(H,37,39). The highest BCUT2D eigenvalue weighted by Gasteiger charge is 2.33. The van der Waals surface area contributed by atoms with Crippen molar-refractivity contribution in [1.29, 1.82) is 0 Å². The molecule has 3 N–H and O–H groups in total. The average molecular weight is 604 g/mol. The van der Waals surface area contributed by atoms with Crippen LogP contribution in [0, 0.1) is 5.82 Å². The lowest BCUT2D eigenvalue weighted by Crippen LogP contribution is -2.36. The summed E-state index contributed by atoms with van der Waals surface area (Å²) in [6.07, 6.45) is 1.09. The van der Waals surface area contributed by atoms with Crippen LogP contribution in [-0.4, -0.2) is 20.4 Å². The van der Waals surface area contributed by atoms with Gasteiger partial charge in [-0.2, -0.15) is 13.2 Å². The van der Waals surface area contributed by atoms with Gasteiger partial charge in [-0.15, -0.1) is 0 Å². The summed E-state index contributed by atoms with van der Waals surface area (Å²) in [5, 5.41) is 6.58. The zero-order valence-electron chi connectivity index (χ0n) is 22.9. The maximum Gasteiger partial charge on any atom is 0.416 e. The van der Waals surface area contributed by atoms with E-state index in [2.05, 4.69) is 27.5 Å². The summed E-state index contributed by atoms with van der Waals surface area (Å²) in [7, 11) is -4.47. The van der Waals surface area contributed by atoms with Crippen LogP contribution >= 0.6 is 0 Å². The van der Waals surface area contributed by atoms with Crippen molar-refractivity contribution in [3.8, 4) is 0 Å². The Kier molecular flexibility index (Phi) is 9.00. The van der Waals surface area contributed by atoms with E-state index in [1.165, 1.54) is 42.5 Å². The third-order valence-corrected chi connectivity index (χ3v) is 9.46. The van der Waals surface area contributed by atoms with Gasteiger partial charge in [-0.3, -0.25) is 4.79 Å². The van der Waals surface area contributed by atoms with E-state index in [0.29, 0.717) is 17.7 Å². The predicted molar refractivity (Wildman–Crippen MR) is 150 cm³/mol. The number of fused-ring (bicyclic) bond motifs is 1. The first-order valence-corrected chi connectivity index (χ1v) is 15.6. The molecule has 224 valence electrons. The van der Waals surface area contributed by atoms with Gasteiger partial charge in [-0.1, -0.05) is 42.8 Å². The molecule has 2 aliphatic carbocycles. The van der Waals surface area contributed by atoms with Gasteiger partial charge in [0.1, 0.15) is 5.82 Å². The Labute approximate surface area is 243 Å². The SMILES string of the molecule is O=C(CC(NS(=O)(=O)c1cccc(C(F)(F)F)c1)c1ccc(F)cc1)NC1CCCc2cc(CNC3CCC3)ccc21. The van der Waals surface area contributed by atoms with Crippen molar-refractivity contribution in [2.75, 3.05) is 0 Å². The Hall–Kier alpha value is -3.28. The van der Waals surface area contributed by atoms with Crippen molar-refractivity contribution >= 4 is 15.9 Å². The molecule has 42 heavy (non-hydrogen) atoms. The summed E-state index contributed by atoms with van der Waals surface area (Å²) >= 11 is 0. The number of benzene rings is 3. The number of nitrogens with one attached hydrogen (secondary N) is 3. The Morgan fingerprint density at radius 2 is 1.71 bits per heavy atom. The first kappa shape index (κ1) is 30.2. The van der Waals surface area contributed by atoms with E-state index in [1.807, 2.05) is 6.07 Å². The summed E-state index contributed by atoms with van der Waals surface area (Å²) in [6, 6.07) is 13.8. The lowest BCUT2D eigenvalue weighted by atomic mass is 9.86. The highest BCUT2D eigenvalue weighted by Crippen LogP contribution is 2.33. The van der Waals surface area contributed by atoms with Gasteiger partial charge in [-0.05, 0) is 84.7 Å². The molecule has 0 aromatic heterocycles. The lowest BCUT2D eigenvalue weighted by Gasteiger charge is -2.29. The number of rotatable bonds is 10. The van der Waals surface area contributed by atoms with Gasteiger partial charge in [0.25, 0.3) is 0 Å². The first-order valence-electron chi connectivity index (χ1n) is 14.1. The van der Waals surface area contributed by atoms with Gasteiger partial charge < -0.3 is 10.6 Å². The molecule has 1 saturated carbocycles. The topological polar surface area (TPSA) is 87.3 Å². The molecule has 0 saturated heterocycles. The number of sulfonamides is 1. The van der Waals surface area contributed by atoms with Gasteiger partial charge in [0, 0.05) is 19.0 Å². The van der Waals surface area contributed by atoms with Crippen LogP contribution in [0.1, 0.15) is 78.4 Å². The van der Waals surface area contributed by atoms with Crippen LogP contribution in [0.4, 0.5) is 17.6 Å². The minimum Gasteiger partial charge on any atom is -0.349 e. The van der Waals surface area contributed by atoms with Gasteiger partial charge in [0.15, 0.2) is 0 Å². The number of alkyl halides is 3. The zero-order chi connectivity index (χ0) is 29.9. The monoisotopic (exact) mass is 603 g/mol. The molecule has 0 heterocycles. The highest BCUT2D eigenvalue weighted by atomic mass is 32.2. The molecule has 2 aliphatic rings. The molecule has 2 atom stereocenters. The van der Waals surface area contributed by atoms with Gasteiger partial charge in [0.05, 0.1) is 22.5 Å². The van der Waals surface area contributed by atoms with Crippen molar-refractivity contribution in [1.82, 2.24) is 15.4 Å². The molecule has 3 aromatic rings. The van der Waals surface area contributed by atoms with Crippen molar-refractivity contribution < 1.29 is 30.8 Å². The van der Waals surface area contributed by atoms with Crippen molar-refractivity contribution in [2.45, 2.75) is 80.7 Å². The van der Waals surface area contributed by atoms with Gasteiger partial charge in [-0.25, -0.2) is 17.5 Å². The fraction of sp³-hybridized carbons (Fsp3) is 0.387. The van der Waals surface area contributed by atoms with Crippen LogP contribution in [0.2, 0.25) is 0 Å². The zero-order valence-corrected chi connectivity index (χ0v) is 23.7. The number of carbonyl (C=O) groups is 1. The second kappa shape index (κ2) is 12.5. The van der Waals surface area contributed by atoms with Crippen LogP contribution in [0.25, 0.3) is 0 Å². The van der Waals surface area contributed by atoms with Crippen LogP contribution in [0.3, 0.4) is 0 Å². The Bertz CT molecular complexity index is 1520. The molecule has 3 aromatic carbocycles. The summed E-state index contributed by atoms with van der Waals surface area (Å²) in [5.41, 5.74) is 2.56. The number of halogens is 4. The molecule has 0 spiro atoms. The fourth-order valence-corrected chi connectivity index (χ4v) is 6.73. The van der Waals surface area contributed by atoms with Gasteiger partial charge >= 0.3 is 6.18 Å². The van der Waals surface area contributed by atoms with E-state index < -0.39 is 44.4 Å². The first-order chi connectivity index (χ1) is 20.0. The number of aryl methyl sites for hydroxylation is 1. The molecule has 1 amide bonds. The number of hydrogen-bond acceptors (Lipinski definition) is 4. The normalized spacial score (nSPS) is 18.1. The molecule has 0 radical (unpaired) electrons. The van der Waals surface area contributed by atoms with E-state index in [4.69, 9.17) is 0 Å². The van der Waals surface area contributed by atoms with Crippen LogP contribution < -0.4 is 15.4 Å². The minimum atomic E-state index is -4.73. The molecule has 2 unspecified atom stereocenters. The molecule has 11 heteroatoms. The van der Waals surface area contributed by atoms with E-state index >= 15 is 0 Å². The summed E-state index contributed by atoms with van der Waals surface area (Å²) in [6.45, 7) is 0.792. The van der Waals surface area contributed by atoms with E-state index in [0.717, 1.165) is 61.7 Å². The average Bonchev–Trinajstić information content (AvgIpc) is 2.92. The molecular weight excluding hydrogens is 570 g/mol. The highest BCUT2D eigenvalue weighted by molar-refractivity contribution is 7.89. The Morgan fingerprint density at radius 3 is 2.40 bits per heavy atom. The van der Waals surface area contributed by atoms with E-state index in [1.54, 1.807) is 0 Å². The molecule has 1 fully saturated rings. The third-order valence-electron chi connectivity index (χ3n) is 7.99. The maximum atomic E-state index is 13.6. The quantitative estimate of drug-likeness (QED) is 0.245. The molecular formula is C31H33F4N3O3S. The van der Waals surface area contributed by atoms with Crippen LogP contribution in [0.5, 0.6) is 0 Å². The largest absolute Gasteiger partial charge is 0.416 e. The van der Waals surface area contributed by atoms with Crippen molar-refractivity contribution in [3.63, 3.8) is 0 Å². The smallest absolute Gasteiger partial charge is 0.349 e. The molecule has 0 bridgehead atoms. The van der Waals surface area contributed by atoms with Crippen LogP contribution in [-0.2, 0) is 34.0 Å². The van der Waals surface area contributed by atoms with Crippen molar-refractivity contribution in [2.24, 2.45) is 0 Å². The summed E-state index contributed by atoms with van der Waals surface area (Å²) in [5.74, 6) is -0.992. The predicted octanol–water partition coefficient (Wildman–Crippen LogP) is 6.09. The molecule has 0 aliphatic heterocycles. The van der Waals surface area contributed by atoms with Gasteiger partial charge in [0.2, 0.25) is 15.9 Å². The maximum absolute atomic E-state index is 13.6. The Morgan fingerprint density at radius 1 is 0.952 bits per heavy atom. The van der Waals surface area contributed by atoms with Crippen LogP contribution in [0.15, 0.2) is 71.6 Å². The second-order valence-corrected chi connectivity index (χ2v) is 12.7. The van der Waals surface area contributed by atoms with E-state index in [9.17, 15) is 30.8 Å². The summed E-state index contributed by atoms with van der Waals surface area (Å²) in [4.78, 5) is 12.7. The molecule has 6 nitrogen and oxygen atoms in total. The van der Waals surface area contributed by atoms with Crippen molar-refractivity contribution in [3.05, 3.63) is 100 Å². The second-order valence-electron chi connectivity index (χ2n) is 11.0. The summed E-state index contributed by atoms with van der Waals surface area (Å²) < 4.78 is 82.0. The third kappa shape index (κ3) is 7.37. The number of hydrogen-bond donors (Lipinski definition) is 3. The minimum absolute atomic E-state index is 0.260. The Balaban J connectivity index is 1.31. The number of amides is 1. The fourth-order valence-electron chi connectivity index (χ4n) is 5.46.